The third-order valence-electron chi connectivity index (χ3n) is 4.84. The molecule has 0 aromatic heterocycles. The van der Waals surface area contributed by atoms with Gasteiger partial charge in [-0.25, -0.2) is 9.80 Å². The number of para-hydroxylation sites is 1. The monoisotopic (exact) mass is 355 g/mol. The highest BCUT2D eigenvalue weighted by molar-refractivity contribution is 6.08. The number of anilines is 1. The highest BCUT2D eigenvalue weighted by Gasteiger charge is 2.33. The Balaban J connectivity index is 1.67. The first-order valence-electron chi connectivity index (χ1n) is 9.03. The number of hydrogen-bond acceptors (Lipinski definition) is 2. The number of hydrogen-bond donors (Lipinski definition) is 0. The number of hydrazone groups is 1. The number of urea groups is 1. The van der Waals surface area contributed by atoms with Gasteiger partial charge >= 0.3 is 6.03 Å². The second kappa shape index (κ2) is 7.46. The van der Waals surface area contributed by atoms with E-state index in [2.05, 4.69) is 12.1 Å². The molecule has 0 spiro atoms. The summed E-state index contributed by atoms with van der Waals surface area (Å²) >= 11 is 0. The summed E-state index contributed by atoms with van der Waals surface area (Å²) < 4.78 is 0. The van der Waals surface area contributed by atoms with Crippen molar-refractivity contribution in [2.45, 2.75) is 5.92 Å². The summed E-state index contributed by atoms with van der Waals surface area (Å²) in [6, 6.07) is 29.8. The van der Waals surface area contributed by atoms with Crippen LogP contribution in [0.5, 0.6) is 0 Å². The van der Waals surface area contributed by atoms with E-state index in [9.17, 15) is 4.79 Å². The van der Waals surface area contributed by atoms with Gasteiger partial charge in [0.1, 0.15) is 0 Å². The minimum absolute atomic E-state index is 0.0572. The van der Waals surface area contributed by atoms with Crippen molar-refractivity contribution in [3.63, 3.8) is 0 Å². The molecule has 0 fully saturated rings. The fourth-order valence-corrected chi connectivity index (χ4v) is 3.37. The summed E-state index contributed by atoms with van der Waals surface area (Å²) in [6.45, 7) is 0.532. The Kier molecular flexibility index (Phi) is 4.71. The van der Waals surface area contributed by atoms with E-state index in [1.165, 1.54) is 0 Å². The molecular weight excluding hydrogens is 334 g/mol. The molecule has 4 rings (SSSR count). The largest absolute Gasteiger partial charge is 0.344 e. The Labute approximate surface area is 159 Å². The number of benzene rings is 3. The van der Waals surface area contributed by atoms with Crippen molar-refractivity contribution < 1.29 is 4.79 Å². The molecule has 1 atom stereocenters. The van der Waals surface area contributed by atoms with Gasteiger partial charge in [-0.05, 0) is 23.3 Å². The van der Waals surface area contributed by atoms with E-state index in [4.69, 9.17) is 5.10 Å². The molecule has 0 saturated heterocycles. The van der Waals surface area contributed by atoms with Gasteiger partial charge in [-0.15, -0.1) is 0 Å². The summed E-state index contributed by atoms with van der Waals surface area (Å²) in [5.41, 5.74) is 3.99. The molecule has 1 unspecified atom stereocenters. The molecular formula is C23H21N3O. The molecule has 1 heterocycles. The topological polar surface area (TPSA) is 35.9 Å². The Hall–Kier alpha value is -3.40. The summed E-state index contributed by atoms with van der Waals surface area (Å²) in [4.78, 5) is 14.7. The molecule has 0 saturated carbocycles. The van der Waals surface area contributed by atoms with Crippen molar-refractivity contribution in [3.05, 3.63) is 102 Å². The highest BCUT2D eigenvalue weighted by atomic mass is 16.2. The van der Waals surface area contributed by atoms with Crippen LogP contribution < -0.4 is 4.90 Å². The van der Waals surface area contributed by atoms with Crippen LogP contribution in [0, 0.1) is 0 Å². The van der Waals surface area contributed by atoms with Crippen molar-refractivity contribution in [1.29, 1.82) is 0 Å². The number of amides is 2. The van der Waals surface area contributed by atoms with Crippen molar-refractivity contribution >= 4 is 17.4 Å². The molecule has 0 radical (unpaired) electrons. The number of rotatable bonds is 3. The molecule has 1 aliphatic rings. The molecule has 2 amide bonds. The molecule has 134 valence electrons. The van der Waals surface area contributed by atoms with Crippen molar-refractivity contribution in [3.8, 4) is 0 Å². The molecule has 27 heavy (non-hydrogen) atoms. The summed E-state index contributed by atoms with van der Waals surface area (Å²) in [5, 5.41) is 6.30. The van der Waals surface area contributed by atoms with E-state index in [-0.39, 0.29) is 11.9 Å². The summed E-state index contributed by atoms with van der Waals surface area (Å²) in [5.74, 6) is 0.0572. The van der Waals surface area contributed by atoms with Crippen LogP contribution in [-0.4, -0.2) is 30.3 Å². The number of carbonyl (C=O) groups excluding carboxylic acids is 1. The van der Waals surface area contributed by atoms with Gasteiger partial charge in [0.2, 0.25) is 0 Å². The Morgan fingerprint density at radius 1 is 0.889 bits per heavy atom. The van der Waals surface area contributed by atoms with Crippen molar-refractivity contribution in [2.75, 3.05) is 18.5 Å². The minimum atomic E-state index is -0.131. The first-order valence-corrected chi connectivity index (χ1v) is 9.03. The van der Waals surface area contributed by atoms with Crippen LogP contribution in [0.2, 0.25) is 0 Å². The maximum Gasteiger partial charge on any atom is 0.344 e. The standard InChI is InChI=1S/C23H21N3O/c1-25(20-15-9-4-10-16-20)23(27)26-17-21(18-11-5-2-6-12-18)22(24-26)19-13-7-3-8-14-19/h2-16,21H,17H2,1H3. The van der Waals surface area contributed by atoms with E-state index < -0.39 is 0 Å². The molecule has 0 N–H and O–H groups in total. The molecule has 3 aromatic carbocycles. The smallest absolute Gasteiger partial charge is 0.296 e. The summed E-state index contributed by atoms with van der Waals surface area (Å²) in [6.07, 6.45) is 0. The number of nitrogens with zero attached hydrogens (tertiary/aromatic N) is 3. The van der Waals surface area contributed by atoms with Crippen LogP contribution in [0.3, 0.4) is 0 Å². The predicted molar refractivity (Wildman–Crippen MR) is 109 cm³/mol. The van der Waals surface area contributed by atoms with Crippen LogP contribution >= 0.6 is 0 Å². The Morgan fingerprint density at radius 3 is 2.07 bits per heavy atom. The lowest BCUT2D eigenvalue weighted by Crippen LogP contribution is -2.37. The molecule has 4 nitrogen and oxygen atoms in total. The third kappa shape index (κ3) is 3.47. The van der Waals surface area contributed by atoms with Gasteiger partial charge in [0.25, 0.3) is 0 Å². The SMILES string of the molecule is CN(C(=O)N1CC(c2ccccc2)C(c2ccccc2)=N1)c1ccccc1. The van der Waals surface area contributed by atoms with Gasteiger partial charge < -0.3 is 0 Å². The second-order valence-electron chi connectivity index (χ2n) is 6.57. The zero-order chi connectivity index (χ0) is 18.6. The fraction of sp³-hybridized carbons (Fsp3) is 0.130. The van der Waals surface area contributed by atoms with E-state index in [0.29, 0.717) is 6.54 Å². The zero-order valence-corrected chi connectivity index (χ0v) is 15.2. The number of carbonyl (C=O) groups is 1. The molecule has 0 bridgehead atoms. The maximum atomic E-state index is 13.0. The molecule has 4 heteroatoms. The predicted octanol–water partition coefficient (Wildman–Crippen LogP) is 4.75. The van der Waals surface area contributed by atoms with Gasteiger partial charge in [0.05, 0.1) is 12.3 Å². The lowest BCUT2D eigenvalue weighted by atomic mass is 9.91. The van der Waals surface area contributed by atoms with E-state index in [1.54, 1.807) is 17.0 Å². The van der Waals surface area contributed by atoms with E-state index >= 15 is 0 Å². The van der Waals surface area contributed by atoms with Gasteiger partial charge in [0.15, 0.2) is 0 Å². The first-order chi connectivity index (χ1) is 13.2. The normalized spacial score (nSPS) is 16.1. The third-order valence-corrected chi connectivity index (χ3v) is 4.84. The quantitative estimate of drug-likeness (QED) is 0.668. The zero-order valence-electron chi connectivity index (χ0n) is 15.2. The molecule has 1 aliphatic heterocycles. The van der Waals surface area contributed by atoms with Crippen LogP contribution in [0.25, 0.3) is 0 Å². The van der Waals surface area contributed by atoms with Crippen molar-refractivity contribution in [2.24, 2.45) is 5.10 Å². The lowest BCUT2D eigenvalue weighted by molar-refractivity contribution is 0.212. The minimum Gasteiger partial charge on any atom is -0.296 e. The van der Waals surface area contributed by atoms with Crippen LogP contribution in [0.4, 0.5) is 10.5 Å². The first kappa shape index (κ1) is 17.0. The average Bonchev–Trinajstić information content (AvgIpc) is 3.20. The van der Waals surface area contributed by atoms with Crippen LogP contribution in [0.15, 0.2) is 96.1 Å². The second-order valence-corrected chi connectivity index (χ2v) is 6.57. The van der Waals surface area contributed by atoms with Gasteiger partial charge in [-0.1, -0.05) is 78.9 Å². The van der Waals surface area contributed by atoms with Crippen LogP contribution in [-0.2, 0) is 0 Å². The lowest BCUT2D eigenvalue weighted by Gasteiger charge is -2.22. The fourth-order valence-electron chi connectivity index (χ4n) is 3.37. The maximum absolute atomic E-state index is 13.0. The van der Waals surface area contributed by atoms with Crippen molar-refractivity contribution in [1.82, 2.24) is 5.01 Å². The average molecular weight is 355 g/mol. The molecule has 3 aromatic rings. The highest BCUT2D eigenvalue weighted by Crippen LogP contribution is 2.29. The summed E-state index contributed by atoms with van der Waals surface area (Å²) in [7, 11) is 1.78. The van der Waals surface area contributed by atoms with E-state index in [1.807, 2.05) is 78.9 Å². The van der Waals surface area contributed by atoms with E-state index in [0.717, 1.165) is 22.5 Å². The Bertz CT molecular complexity index is 939. The van der Waals surface area contributed by atoms with Crippen LogP contribution in [0.1, 0.15) is 17.0 Å². The van der Waals surface area contributed by atoms with Gasteiger partial charge in [-0.3, -0.25) is 4.90 Å². The van der Waals surface area contributed by atoms with Gasteiger partial charge in [-0.2, -0.15) is 5.10 Å². The Morgan fingerprint density at radius 2 is 1.44 bits per heavy atom. The van der Waals surface area contributed by atoms with Gasteiger partial charge in [0, 0.05) is 18.7 Å². The molecule has 0 aliphatic carbocycles.